The molecular weight excluding hydrogens is 334 g/mol. The number of halogens is 5. The molecule has 0 aliphatic heterocycles. The van der Waals surface area contributed by atoms with Crippen molar-refractivity contribution >= 4 is 11.6 Å². The molecule has 2 rings (SSSR count). The van der Waals surface area contributed by atoms with Crippen LogP contribution in [0.25, 0.3) is 0 Å². The van der Waals surface area contributed by atoms with Crippen molar-refractivity contribution in [2.45, 2.75) is 19.0 Å². The molecule has 2 aromatic carbocycles. The fraction of sp³-hybridized carbons (Fsp3) is 0.250. The first kappa shape index (κ1) is 17.7. The first-order valence-electron chi connectivity index (χ1n) is 6.79. The Bertz CT molecular complexity index is 687. The summed E-state index contributed by atoms with van der Waals surface area (Å²) in [6.45, 7) is 1.21. The summed E-state index contributed by atoms with van der Waals surface area (Å²) in [5, 5.41) is 12.3. The molecule has 2 nitrogen and oxygen atoms in total. The van der Waals surface area contributed by atoms with Crippen LogP contribution in [0.15, 0.2) is 30.3 Å². The first-order valence-corrected chi connectivity index (χ1v) is 7.17. The Kier molecular flexibility index (Phi) is 5.62. The van der Waals surface area contributed by atoms with Gasteiger partial charge in [0.05, 0.1) is 17.7 Å². The number of nitrogens with one attached hydrogen (secondary N) is 1. The van der Waals surface area contributed by atoms with Gasteiger partial charge in [0.25, 0.3) is 0 Å². The van der Waals surface area contributed by atoms with Gasteiger partial charge in [-0.1, -0.05) is 17.7 Å². The third-order valence-corrected chi connectivity index (χ3v) is 3.79. The lowest BCUT2D eigenvalue weighted by Gasteiger charge is -2.23. The summed E-state index contributed by atoms with van der Waals surface area (Å²) < 4.78 is 53.1. The summed E-state index contributed by atoms with van der Waals surface area (Å²) in [6.07, 6.45) is 0. The Morgan fingerprint density at radius 2 is 1.57 bits per heavy atom. The number of rotatable bonds is 5. The van der Waals surface area contributed by atoms with Gasteiger partial charge in [-0.3, -0.25) is 0 Å². The molecule has 0 saturated heterocycles. The minimum Gasteiger partial charge on any atom is -0.394 e. The molecule has 0 bridgehead atoms. The fourth-order valence-corrected chi connectivity index (χ4v) is 2.32. The van der Waals surface area contributed by atoms with Crippen molar-refractivity contribution in [3.8, 4) is 0 Å². The van der Waals surface area contributed by atoms with Gasteiger partial charge in [0, 0.05) is 6.04 Å². The molecule has 0 fully saturated rings. The molecule has 0 amide bonds. The Balaban J connectivity index is 2.22. The van der Waals surface area contributed by atoms with Crippen molar-refractivity contribution in [1.82, 2.24) is 5.32 Å². The van der Waals surface area contributed by atoms with Gasteiger partial charge >= 0.3 is 0 Å². The predicted octanol–water partition coefficient (Wildman–Crippen LogP) is 4.28. The van der Waals surface area contributed by atoms with Crippen LogP contribution in [-0.4, -0.2) is 11.7 Å². The zero-order valence-corrected chi connectivity index (χ0v) is 12.8. The highest BCUT2D eigenvalue weighted by Gasteiger charge is 2.19. The van der Waals surface area contributed by atoms with Crippen molar-refractivity contribution in [2.24, 2.45) is 0 Å². The van der Waals surface area contributed by atoms with Gasteiger partial charge in [0.2, 0.25) is 0 Å². The van der Waals surface area contributed by atoms with Crippen LogP contribution in [0.1, 0.15) is 30.1 Å². The largest absolute Gasteiger partial charge is 0.394 e. The van der Waals surface area contributed by atoms with E-state index in [0.29, 0.717) is 5.56 Å². The molecule has 2 atom stereocenters. The molecule has 0 aromatic heterocycles. The summed E-state index contributed by atoms with van der Waals surface area (Å²) in [4.78, 5) is 0. The molecule has 2 unspecified atom stereocenters. The standard InChI is InChI=1S/C16H14ClF4NO/c1-8(10-5-13(19)16(21)14(20)6-10)22-15(7-23)9-2-3-11(17)12(18)4-9/h2-6,8,15,22-23H,7H2,1H3. The lowest BCUT2D eigenvalue weighted by molar-refractivity contribution is 0.235. The van der Waals surface area contributed by atoms with Crippen LogP contribution in [0.3, 0.4) is 0 Å². The minimum absolute atomic E-state index is 0.0545. The van der Waals surface area contributed by atoms with Crippen LogP contribution < -0.4 is 5.32 Å². The average molecular weight is 348 g/mol. The van der Waals surface area contributed by atoms with Crippen LogP contribution in [0.2, 0.25) is 5.02 Å². The van der Waals surface area contributed by atoms with Gasteiger partial charge in [-0.25, -0.2) is 17.6 Å². The molecule has 23 heavy (non-hydrogen) atoms. The Morgan fingerprint density at radius 1 is 1.00 bits per heavy atom. The number of hydrogen-bond acceptors (Lipinski definition) is 2. The van der Waals surface area contributed by atoms with Crippen LogP contribution >= 0.6 is 11.6 Å². The summed E-state index contributed by atoms with van der Waals surface area (Å²) in [5.41, 5.74) is 0.582. The van der Waals surface area contributed by atoms with Crippen molar-refractivity contribution in [1.29, 1.82) is 0 Å². The molecule has 0 radical (unpaired) electrons. The van der Waals surface area contributed by atoms with E-state index in [0.717, 1.165) is 18.2 Å². The van der Waals surface area contributed by atoms with E-state index in [2.05, 4.69) is 5.32 Å². The molecule has 124 valence electrons. The highest BCUT2D eigenvalue weighted by molar-refractivity contribution is 6.30. The lowest BCUT2D eigenvalue weighted by Crippen LogP contribution is -2.27. The zero-order chi connectivity index (χ0) is 17.1. The number of aliphatic hydroxyl groups excluding tert-OH is 1. The van der Waals surface area contributed by atoms with Crippen LogP contribution in [0, 0.1) is 23.3 Å². The van der Waals surface area contributed by atoms with E-state index in [1.807, 2.05) is 0 Å². The summed E-state index contributed by atoms with van der Waals surface area (Å²) in [6, 6.07) is 4.47. The number of hydrogen-bond donors (Lipinski definition) is 2. The highest BCUT2D eigenvalue weighted by atomic mass is 35.5. The molecule has 0 aliphatic rings. The maximum atomic E-state index is 13.5. The van der Waals surface area contributed by atoms with Gasteiger partial charge in [-0.15, -0.1) is 0 Å². The van der Waals surface area contributed by atoms with Gasteiger partial charge in [0.1, 0.15) is 5.82 Å². The van der Waals surface area contributed by atoms with Gasteiger partial charge < -0.3 is 10.4 Å². The van der Waals surface area contributed by atoms with Crippen LogP contribution in [0.5, 0.6) is 0 Å². The van der Waals surface area contributed by atoms with Crippen molar-refractivity contribution in [3.05, 3.63) is 69.8 Å². The van der Waals surface area contributed by atoms with Crippen molar-refractivity contribution < 1.29 is 22.7 Å². The SMILES string of the molecule is CC(NC(CO)c1ccc(Cl)c(F)c1)c1cc(F)c(F)c(F)c1. The second-order valence-corrected chi connectivity index (χ2v) is 5.50. The van der Waals surface area contributed by atoms with E-state index in [9.17, 15) is 22.7 Å². The molecule has 2 aromatic rings. The lowest BCUT2D eigenvalue weighted by atomic mass is 10.0. The number of aliphatic hydroxyl groups is 1. The molecule has 0 saturated carbocycles. The topological polar surface area (TPSA) is 32.3 Å². The third kappa shape index (κ3) is 4.02. The predicted molar refractivity (Wildman–Crippen MR) is 79.1 cm³/mol. The fourth-order valence-electron chi connectivity index (χ4n) is 2.21. The second kappa shape index (κ2) is 7.29. The smallest absolute Gasteiger partial charge is 0.194 e. The van der Waals surface area contributed by atoms with Gasteiger partial charge in [0.15, 0.2) is 17.5 Å². The average Bonchev–Trinajstić information content (AvgIpc) is 2.52. The van der Waals surface area contributed by atoms with E-state index in [4.69, 9.17) is 11.6 Å². The van der Waals surface area contributed by atoms with Crippen LogP contribution in [-0.2, 0) is 0 Å². The van der Waals surface area contributed by atoms with E-state index >= 15 is 0 Å². The number of benzene rings is 2. The molecule has 0 heterocycles. The Hall–Kier alpha value is -1.63. The highest BCUT2D eigenvalue weighted by Crippen LogP contribution is 2.24. The molecule has 0 spiro atoms. The maximum Gasteiger partial charge on any atom is 0.194 e. The molecule has 2 N–H and O–H groups in total. The van der Waals surface area contributed by atoms with E-state index < -0.39 is 35.4 Å². The molecule has 7 heteroatoms. The molecular formula is C16H14ClF4NO. The van der Waals surface area contributed by atoms with Crippen LogP contribution in [0.4, 0.5) is 17.6 Å². The third-order valence-electron chi connectivity index (χ3n) is 3.49. The van der Waals surface area contributed by atoms with Gasteiger partial charge in [-0.2, -0.15) is 0 Å². The Labute approximate surface area is 135 Å². The quantitative estimate of drug-likeness (QED) is 0.625. The zero-order valence-electron chi connectivity index (χ0n) is 12.1. The maximum absolute atomic E-state index is 13.5. The summed E-state index contributed by atoms with van der Waals surface area (Å²) >= 11 is 5.60. The Morgan fingerprint density at radius 3 is 2.09 bits per heavy atom. The summed E-state index contributed by atoms with van der Waals surface area (Å²) in [7, 11) is 0. The van der Waals surface area contributed by atoms with E-state index in [1.165, 1.54) is 12.1 Å². The normalized spacial score (nSPS) is 13.9. The van der Waals surface area contributed by atoms with Crippen molar-refractivity contribution in [3.63, 3.8) is 0 Å². The summed E-state index contributed by atoms with van der Waals surface area (Å²) in [5.74, 6) is -4.78. The molecule has 0 aliphatic carbocycles. The van der Waals surface area contributed by atoms with Crippen molar-refractivity contribution in [2.75, 3.05) is 6.61 Å². The first-order chi connectivity index (χ1) is 10.8. The monoisotopic (exact) mass is 347 g/mol. The van der Waals surface area contributed by atoms with E-state index in [-0.39, 0.29) is 17.2 Å². The van der Waals surface area contributed by atoms with E-state index in [1.54, 1.807) is 6.92 Å². The second-order valence-electron chi connectivity index (χ2n) is 5.10. The minimum atomic E-state index is -1.54. The van der Waals surface area contributed by atoms with Gasteiger partial charge in [-0.05, 0) is 42.3 Å².